The first-order valence-corrected chi connectivity index (χ1v) is 9.31. The number of carbonyl (C=O) groups is 1. The van der Waals surface area contributed by atoms with E-state index in [0.29, 0.717) is 30.4 Å². The number of rotatable bonds is 4. The Hall–Kier alpha value is -1.36. The predicted molar refractivity (Wildman–Crippen MR) is 90.6 cm³/mol. The number of hydrogen-bond donors (Lipinski definition) is 2. The third-order valence-corrected chi connectivity index (χ3v) is 5.65. The normalized spacial score (nSPS) is 26.9. The lowest BCUT2D eigenvalue weighted by atomic mass is 9.97. The van der Waals surface area contributed by atoms with Gasteiger partial charge in [-0.2, -0.15) is 11.8 Å². The second-order valence-corrected chi connectivity index (χ2v) is 7.35. The van der Waals surface area contributed by atoms with Gasteiger partial charge in [0.05, 0.1) is 6.61 Å². The fourth-order valence-electron chi connectivity index (χ4n) is 3.28. The van der Waals surface area contributed by atoms with Gasteiger partial charge in [-0.1, -0.05) is 18.2 Å². The molecule has 120 valence electrons. The molecule has 5 heteroatoms. The van der Waals surface area contributed by atoms with Crippen molar-refractivity contribution >= 4 is 17.8 Å². The minimum Gasteiger partial charge on any atom is -0.493 e. The van der Waals surface area contributed by atoms with Gasteiger partial charge in [-0.05, 0) is 43.6 Å². The number of para-hydroxylation sites is 1. The number of thioether (sulfide) groups is 1. The Labute approximate surface area is 136 Å². The summed E-state index contributed by atoms with van der Waals surface area (Å²) in [5.41, 5.74) is 1.24. The lowest BCUT2D eigenvalue weighted by Crippen LogP contribution is -2.44. The molecule has 1 heterocycles. The molecule has 1 fully saturated rings. The molecule has 3 rings (SSSR count). The fourth-order valence-corrected chi connectivity index (χ4v) is 4.08. The van der Waals surface area contributed by atoms with E-state index in [-0.39, 0.29) is 6.03 Å². The molecule has 1 aliphatic carbocycles. The van der Waals surface area contributed by atoms with E-state index in [1.807, 2.05) is 30.0 Å². The van der Waals surface area contributed by atoms with Crippen molar-refractivity contribution in [3.05, 3.63) is 29.8 Å². The van der Waals surface area contributed by atoms with Crippen molar-refractivity contribution in [3.8, 4) is 5.75 Å². The summed E-state index contributed by atoms with van der Waals surface area (Å²) in [6, 6.07) is 8.43. The van der Waals surface area contributed by atoms with E-state index < -0.39 is 0 Å². The minimum absolute atomic E-state index is 0.0365. The smallest absolute Gasteiger partial charge is 0.315 e. The first kappa shape index (κ1) is 15.5. The highest BCUT2D eigenvalue weighted by Crippen LogP contribution is 2.28. The zero-order valence-corrected chi connectivity index (χ0v) is 13.8. The molecule has 0 aromatic heterocycles. The highest BCUT2D eigenvalue weighted by atomic mass is 32.2. The molecule has 0 radical (unpaired) electrons. The Balaban J connectivity index is 1.41. The van der Waals surface area contributed by atoms with Gasteiger partial charge in [0.15, 0.2) is 0 Å². The highest BCUT2D eigenvalue weighted by Gasteiger charge is 2.25. The first-order chi connectivity index (χ1) is 10.7. The molecule has 3 atom stereocenters. The number of ether oxygens (including phenoxy) is 1. The van der Waals surface area contributed by atoms with Crippen LogP contribution in [-0.4, -0.2) is 36.7 Å². The van der Waals surface area contributed by atoms with Gasteiger partial charge in [-0.25, -0.2) is 4.79 Å². The Morgan fingerprint density at radius 2 is 2.23 bits per heavy atom. The van der Waals surface area contributed by atoms with E-state index in [1.165, 1.54) is 12.0 Å². The Kier molecular flexibility index (Phi) is 5.13. The average Bonchev–Trinajstić information content (AvgIpc) is 3.00. The van der Waals surface area contributed by atoms with E-state index in [4.69, 9.17) is 4.74 Å². The average molecular weight is 320 g/mol. The van der Waals surface area contributed by atoms with Crippen LogP contribution in [0.15, 0.2) is 24.3 Å². The van der Waals surface area contributed by atoms with Gasteiger partial charge in [0.1, 0.15) is 5.75 Å². The van der Waals surface area contributed by atoms with Crippen molar-refractivity contribution in [1.29, 1.82) is 0 Å². The standard InChI is InChI=1S/C17H24N2O2S/c1-22-15-7-6-14(9-15)19-17(20)18-10-12-8-13-4-2-3-5-16(13)21-11-12/h2-5,12,14-15H,6-11H2,1H3,(H2,18,19,20)/t12-,14+,15+/m0/s1. The van der Waals surface area contributed by atoms with Gasteiger partial charge in [-0.15, -0.1) is 0 Å². The Morgan fingerprint density at radius 3 is 3.05 bits per heavy atom. The van der Waals surface area contributed by atoms with Crippen molar-refractivity contribution in [2.45, 2.75) is 37.0 Å². The zero-order chi connectivity index (χ0) is 15.4. The molecular formula is C17H24N2O2S. The van der Waals surface area contributed by atoms with Crippen molar-refractivity contribution in [3.63, 3.8) is 0 Å². The second kappa shape index (κ2) is 7.27. The van der Waals surface area contributed by atoms with Gasteiger partial charge in [-0.3, -0.25) is 0 Å². The third kappa shape index (κ3) is 3.88. The summed E-state index contributed by atoms with van der Waals surface area (Å²) >= 11 is 1.90. The Morgan fingerprint density at radius 1 is 1.36 bits per heavy atom. The van der Waals surface area contributed by atoms with E-state index >= 15 is 0 Å². The summed E-state index contributed by atoms with van der Waals surface area (Å²) in [6.07, 6.45) is 6.51. The highest BCUT2D eigenvalue weighted by molar-refractivity contribution is 7.99. The van der Waals surface area contributed by atoms with Crippen LogP contribution in [0.4, 0.5) is 4.79 Å². The van der Waals surface area contributed by atoms with Gasteiger partial charge in [0.25, 0.3) is 0 Å². The number of fused-ring (bicyclic) bond motifs is 1. The fraction of sp³-hybridized carbons (Fsp3) is 0.588. The van der Waals surface area contributed by atoms with Crippen LogP contribution >= 0.6 is 11.8 Å². The number of amides is 2. The number of hydrogen-bond acceptors (Lipinski definition) is 3. The zero-order valence-electron chi connectivity index (χ0n) is 13.0. The van der Waals surface area contributed by atoms with Gasteiger partial charge < -0.3 is 15.4 Å². The van der Waals surface area contributed by atoms with Crippen LogP contribution in [0.5, 0.6) is 5.75 Å². The molecule has 1 aliphatic heterocycles. The molecule has 0 unspecified atom stereocenters. The summed E-state index contributed by atoms with van der Waals surface area (Å²) < 4.78 is 5.76. The van der Waals surface area contributed by atoms with E-state index in [2.05, 4.69) is 23.0 Å². The van der Waals surface area contributed by atoms with E-state index in [9.17, 15) is 4.79 Å². The second-order valence-electron chi connectivity index (χ2n) is 6.21. The molecule has 1 aromatic rings. The summed E-state index contributed by atoms with van der Waals surface area (Å²) in [4.78, 5) is 12.0. The van der Waals surface area contributed by atoms with Gasteiger partial charge in [0, 0.05) is 23.8 Å². The molecule has 2 amide bonds. The van der Waals surface area contributed by atoms with Crippen LogP contribution in [0.2, 0.25) is 0 Å². The number of nitrogens with one attached hydrogen (secondary N) is 2. The topological polar surface area (TPSA) is 50.4 Å². The molecule has 22 heavy (non-hydrogen) atoms. The van der Waals surface area contributed by atoms with Crippen LogP contribution in [0.1, 0.15) is 24.8 Å². The summed E-state index contributed by atoms with van der Waals surface area (Å²) in [5.74, 6) is 1.33. The molecule has 1 saturated carbocycles. The summed E-state index contributed by atoms with van der Waals surface area (Å²) in [5, 5.41) is 6.81. The first-order valence-electron chi connectivity index (χ1n) is 8.02. The monoisotopic (exact) mass is 320 g/mol. The van der Waals surface area contributed by atoms with E-state index in [1.54, 1.807) is 0 Å². The van der Waals surface area contributed by atoms with Crippen LogP contribution < -0.4 is 15.4 Å². The Bertz CT molecular complexity index is 523. The number of carbonyl (C=O) groups excluding carboxylic acids is 1. The molecular weight excluding hydrogens is 296 g/mol. The van der Waals surface area contributed by atoms with Crippen molar-refractivity contribution in [2.24, 2.45) is 5.92 Å². The maximum atomic E-state index is 12.0. The molecule has 2 aliphatic rings. The lowest BCUT2D eigenvalue weighted by Gasteiger charge is -2.25. The molecule has 2 N–H and O–H groups in total. The largest absolute Gasteiger partial charge is 0.493 e. The number of urea groups is 1. The van der Waals surface area contributed by atoms with Crippen molar-refractivity contribution in [2.75, 3.05) is 19.4 Å². The molecule has 4 nitrogen and oxygen atoms in total. The van der Waals surface area contributed by atoms with Crippen LogP contribution in [-0.2, 0) is 6.42 Å². The summed E-state index contributed by atoms with van der Waals surface area (Å²) in [7, 11) is 0. The van der Waals surface area contributed by atoms with Gasteiger partial charge >= 0.3 is 6.03 Å². The third-order valence-electron chi connectivity index (χ3n) is 4.56. The van der Waals surface area contributed by atoms with Crippen LogP contribution in [0.3, 0.4) is 0 Å². The van der Waals surface area contributed by atoms with Crippen molar-refractivity contribution in [1.82, 2.24) is 10.6 Å². The summed E-state index contributed by atoms with van der Waals surface area (Å²) in [6.45, 7) is 1.34. The van der Waals surface area contributed by atoms with Crippen LogP contribution in [0.25, 0.3) is 0 Å². The van der Waals surface area contributed by atoms with Gasteiger partial charge in [0.2, 0.25) is 0 Å². The lowest BCUT2D eigenvalue weighted by molar-refractivity contribution is 0.210. The quantitative estimate of drug-likeness (QED) is 0.897. The molecule has 1 aromatic carbocycles. The SMILES string of the molecule is CS[C@@H]1CC[C@@H](NC(=O)NC[C@H]2COc3ccccc3C2)C1. The molecule has 0 saturated heterocycles. The maximum absolute atomic E-state index is 12.0. The molecule has 0 bridgehead atoms. The predicted octanol–water partition coefficient (Wildman–Crippen LogP) is 2.82. The van der Waals surface area contributed by atoms with Crippen molar-refractivity contribution < 1.29 is 9.53 Å². The van der Waals surface area contributed by atoms with Crippen LogP contribution in [0, 0.1) is 5.92 Å². The minimum atomic E-state index is -0.0365. The van der Waals surface area contributed by atoms with E-state index in [0.717, 1.165) is 25.0 Å². The number of benzene rings is 1. The maximum Gasteiger partial charge on any atom is 0.315 e. The molecule has 0 spiro atoms.